The molecule has 0 aliphatic heterocycles. The molecule has 0 amide bonds. The number of non-ortho nitro benzene ring substituents is 1. The minimum Gasteiger partial charge on any atom is -0.496 e. The molecule has 13 aromatic carbocycles. The van der Waals surface area contributed by atoms with Gasteiger partial charge in [-0.2, -0.15) is 33.7 Å². The molecule has 24 nitrogen and oxygen atoms in total. The van der Waals surface area contributed by atoms with Gasteiger partial charge >= 0.3 is 11.9 Å². The van der Waals surface area contributed by atoms with Gasteiger partial charge in [-0.3, -0.25) is 38.4 Å². The van der Waals surface area contributed by atoms with E-state index in [0.717, 1.165) is 30.3 Å². The molecule has 24 rings (SSSR count). The second kappa shape index (κ2) is 21.6. The molecule has 0 saturated heterocycles. The first-order valence-corrected chi connectivity index (χ1v) is 36.6. The van der Waals surface area contributed by atoms with Gasteiger partial charge in [-0.15, -0.1) is 0 Å². The third-order valence-electron chi connectivity index (χ3n) is 19.7. The zero-order valence-electron chi connectivity index (χ0n) is 52.2. The van der Waals surface area contributed by atoms with Crippen LogP contribution in [0, 0.1) is 20.2 Å². The van der Waals surface area contributed by atoms with Gasteiger partial charge in [0.05, 0.1) is 55.9 Å². The highest BCUT2D eigenvalue weighted by Gasteiger charge is 2.43. The molecule has 508 valence electrons. The van der Waals surface area contributed by atoms with E-state index in [1.165, 1.54) is 123 Å². The van der Waals surface area contributed by atoms with Gasteiger partial charge in [0.25, 0.3) is 51.8 Å². The number of benzene rings is 13. The molecule has 0 radical (unpaired) electrons. The quantitative estimate of drug-likeness (QED) is 0.0315. The summed E-state index contributed by atoms with van der Waals surface area (Å²) >= 11 is 7.35. The Bertz CT molecular complexity index is 6840. The maximum absolute atomic E-state index is 15.3. The highest BCUT2D eigenvalue weighted by molar-refractivity contribution is 7.86. The molecular formula is C74H39ClN2O22S4. The van der Waals surface area contributed by atoms with Gasteiger partial charge in [-0.05, 0) is 202 Å². The number of nitro groups is 2. The van der Waals surface area contributed by atoms with Gasteiger partial charge in [-0.1, -0.05) is 72.3 Å². The molecule has 103 heavy (non-hydrogen) atoms. The normalized spacial score (nSPS) is 12.8. The minimum atomic E-state index is -5.70. The molecule has 0 saturated carbocycles. The molecule has 0 aromatic heterocycles. The molecular weight excluding hydrogens is 1430 g/mol. The lowest BCUT2D eigenvalue weighted by atomic mass is 9.73. The second-order valence-corrected chi connectivity index (χ2v) is 30.8. The lowest BCUT2D eigenvalue weighted by Crippen LogP contribution is -2.13. The zero-order chi connectivity index (χ0) is 72.6. The summed E-state index contributed by atoms with van der Waals surface area (Å²) in [5.74, 6) is -3.50. The molecule has 0 spiro atoms. The van der Waals surface area contributed by atoms with Crippen LogP contribution in [0.1, 0.15) is 20.7 Å². The number of fused-ring (bicyclic) bond motifs is 13. The van der Waals surface area contributed by atoms with Gasteiger partial charge in [0.1, 0.15) is 21.3 Å². The third kappa shape index (κ3) is 9.12. The Morgan fingerprint density at radius 3 is 1.55 bits per heavy atom. The fourth-order valence-electron chi connectivity index (χ4n) is 15.9. The fraction of sp³-hybridized carbons (Fsp3) is 0.0270. The van der Waals surface area contributed by atoms with Crippen molar-refractivity contribution in [3.05, 3.63) is 200 Å². The zero-order valence-corrected chi connectivity index (χ0v) is 56.2. The van der Waals surface area contributed by atoms with Crippen molar-refractivity contribution >= 4 is 108 Å². The molecule has 29 heteroatoms. The summed E-state index contributed by atoms with van der Waals surface area (Å²) in [7, 11) is -19.0. The van der Waals surface area contributed by atoms with E-state index in [4.69, 9.17) is 21.1 Å². The van der Waals surface area contributed by atoms with Crippen LogP contribution in [0.15, 0.2) is 183 Å². The summed E-state index contributed by atoms with van der Waals surface area (Å²) in [6.45, 7) is 0. The first-order valence-electron chi connectivity index (χ1n) is 30.5. The summed E-state index contributed by atoms with van der Waals surface area (Å²) in [6, 6.07) is 36.5. The van der Waals surface area contributed by atoms with E-state index in [1.54, 1.807) is 24.3 Å². The topological polar surface area (TPSA) is 397 Å². The van der Waals surface area contributed by atoms with Crippen molar-refractivity contribution in [3.8, 4) is 156 Å². The van der Waals surface area contributed by atoms with Crippen LogP contribution in [0.25, 0.3) is 177 Å². The number of carbonyl (C=O) groups is 2. The van der Waals surface area contributed by atoms with E-state index < -0.39 is 143 Å². The maximum Gasteiger partial charge on any atom is 0.336 e. The van der Waals surface area contributed by atoms with Crippen LogP contribution in [0.4, 0.5) is 11.4 Å². The number of carboxylic acids is 2. The molecule has 0 fully saturated rings. The predicted molar refractivity (Wildman–Crippen MR) is 380 cm³/mol. The van der Waals surface area contributed by atoms with E-state index in [2.05, 4.69) is 0 Å². The Morgan fingerprint density at radius 2 is 0.932 bits per heavy atom. The van der Waals surface area contributed by atoms with Crippen LogP contribution in [0.5, 0.6) is 11.5 Å². The molecule has 6 N–H and O–H groups in total. The first kappa shape index (κ1) is 64.5. The van der Waals surface area contributed by atoms with Gasteiger partial charge in [0.15, 0.2) is 0 Å². The number of nitrogens with zero attached hydrogens (tertiary/aromatic N) is 2. The second-order valence-electron chi connectivity index (χ2n) is 24.9. The Hall–Kier alpha value is -11.8. The van der Waals surface area contributed by atoms with Crippen molar-refractivity contribution in [2.24, 2.45) is 0 Å². The number of ether oxygens (including phenoxy) is 2. The van der Waals surface area contributed by atoms with Crippen molar-refractivity contribution in [3.63, 3.8) is 0 Å². The smallest absolute Gasteiger partial charge is 0.336 e. The summed E-state index contributed by atoms with van der Waals surface area (Å²) in [5, 5.41) is 50.5. The van der Waals surface area contributed by atoms with Crippen molar-refractivity contribution < 1.29 is 91.0 Å². The highest BCUT2D eigenvalue weighted by Crippen LogP contribution is 2.64. The molecule has 11 aliphatic rings. The fourth-order valence-corrected chi connectivity index (χ4v) is 19.1. The number of rotatable bonds is 15. The molecule has 0 unspecified atom stereocenters. The van der Waals surface area contributed by atoms with Crippen molar-refractivity contribution in [1.29, 1.82) is 0 Å². The third-order valence-corrected chi connectivity index (χ3v) is 23.6. The standard InChI is InChI=1S/C74H39ClN2O22S4/c1-98-57-16-11-33-19-46(57)49-29-50(59(33)68(71(49)102(92,93)94)52-26-40-32-9-13-39(56(21-32)77(84)85)65(52)72(103(95,96)97)60(40)30-6-4-3-5-7-30)64-48-28-53(70(74(80)81)61(64)34-10-15-55(76(82)83)45(48)18-34)67-63-38-12-8-31(20-54(38)75)41(69(67)73(78)79)27-51(63)62-37-14-17-58(99-2)66(62)47-25-36(101(89,90)91)23-43-42(37)22-35(24-44(43)47)100(86,87)88/h3-29H,1-2H3,(H,78,79)(H,80,81)(H,86,87,88)(H,89,90,91)(H,92,93,94)(H,95,96,97). The average molecular weight is 1470 g/mol. The summed E-state index contributed by atoms with van der Waals surface area (Å²) in [5.41, 5.74) is -7.02. The largest absolute Gasteiger partial charge is 0.496 e. The Balaban J connectivity index is 1.07. The molecule has 22 bridgehead atoms. The number of hydrogen-bond acceptors (Lipinski definition) is 16. The van der Waals surface area contributed by atoms with Crippen LogP contribution in [-0.2, 0) is 40.5 Å². The average Bonchev–Trinajstić information content (AvgIpc) is 1.61. The van der Waals surface area contributed by atoms with E-state index in [-0.39, 0.29) is 155 Å². The molecule has 0 atom stereocenters. The van der Waals surface area contributed by atoms with Crippen LogP contribution in [-0.4, -0.2) is 98.1 Å². The summed E-state index contributed by atoms with van der Waals surface area (Å²) in [4.78, 5) is 52.3. The Morgan fingerprint density at radius 1 is 0.369 bits per heavy atom. The summed E-state index contributed by atoms with van der Waals surface area (Å²) in [6.07, 6.45) is 0. The number of aromatic carboxylic acids is 2. The van der Waals surface area contributed by atoms with E-state index >= 15 is 4.79 Å². The van der Waals surface area contributed by atoms with Gasteiger partial charge < -0.3 is 19.7 Å². The lowest BCUT2D eigenvalue weighted by Gasteiger charge is -2.30. The molecule has 0 heterocycles. The number of hydrogen-bond donors (Lipinski definition) is 6. The first-order chi connectivity index (χ1) is 48.8. The monoisotopic (exact) mass is 1470 g/mol. The van der Waals surface area contributed by atoms with Crippen LogP contribution in [0.2, 0.25) is 5.02 Å². The van der Waals surface area contributed by atoms with Crippen LogP contribution in [0.3, 0.4) is 0 Å². The van der Waals surface area contributed by atoms with Crippen LogP contribution >= 0.6 is 11.6 Å². The van der Waals surface area contributed by atoms with Crippen molar-refractivity contribution in [1.82, 2.24) is 0 Å². The van der Waals surface area contributed by atoms with Crippen molar-refractivity contribution in [2.75, 3.05) is 14.2 Å². The van der Waals surface area contributed by atoms with E-state index in [9.17, 15) is 87.1 Å². The summed E-state index contributed by atoms with van der Waals surface area (Å²) < 4.78 is 169. The Kier molecular flexibility index (Phi) is 13.5. The number of halogens is 1. The predicted octanol–water partition coefficient (Wildman–Crippen LogP) is 16.4. The Labute approximate surface area is 585 Å². The van der Waals surface area contributed by atoms with E-state index in [0.29, 0.717) is 0 Å². The number of carboxylic acid groups (broad SMARTS) is 2. The van der Waals surface area contributed by atoms with Gasteiger partial charge in [-0.25, -0.2) is 9.59 Å². The van der Waals surface area contributed by atoms with Crippen LogP contribution < -0.4 is 9.47 Å². The van der Waals surface area contributed by atoms with Gasteiger partial charge in [0, 0.05) is 72.6 Å². The van der Waals surface area contributed by atoms with Gasteiger partial charge in [0.2, 0.25) is 0 Å². The number of methoxy groups -OCH3 is 2. The van der Waals surface area contributed by atoms with E-state index in [1.807, 2.05) is 0 Å². The minimum absolute atomic E-state index is 0.00113. The lowest BCUT2D eigenvalue weighted by molar-refractivity contribution is -0.384. The van der Waals surface area contributed by atoms with Crippen molar-refractivity contribution in [2.45, 2.75) is 19.6 Å². The molecule has 13 aromatic rings. The highest BCUT2D eigenvalue weighted by atomic mass is 35.5. The maximum atomic E-state index is 15.3. The number of nitro benzene ring substituents is 2. The SMILES string of the molecule is COc1ccc2cc1-c1cc(-c3c4cc(-c5c(C(=O)O)c6cc(-c7c8ccc(OC)c7-c7cc(S(=O)(=O)O)cc9c-8cc(S(=O)(=O)O)cc79)c5-c5ccc-6cc5Cl)c(C(=O)O)c3c3ccc([N+](=O)[O-])c4c3)c-2c(-c2cc3c(-c4ccccc4)c(S(=O)(=O)O)c2-c2ccc-3cc2[N+](=O)[O-])c1S(=O)(=O)O. The molecule has 11 aliphatic carbocycles.